The number of halogens is 2. The number of ether oxygens (including phenoxy) is 1. The monoisotopic (exact) mass is 383 g/mol. The van der Waals surface area contributed by atoms with Crippen LogP contribution >= 0.6 is 31.9 Å². The van der Waals surface area contributed by atoms with E-state index in [1.165, 1.54) is 11.1 Å². The Morgan fingerprint density at radius 3 is 2.53 bits per heavy atom. The largest absolute Gasteiger partial charge is 0.497 e. The van der Waals surface area contributed by atoms with Crippen molar-refractivity contribution in [2.24, 2.45) is 0 Å². The zero-order valence-electron chi connectivity index (χ0n) is 10.8. The van der Waals surface area contributed by atoms with Crippen LogP contribution in [0.15, 0.2) is 45.3 Å². The van der Waals surface area contributed by atoms with E-state index >= 15 is 0 Å². The van der Waals surface area contributed by atoms with Crippen LogP contribution in [-0.2, 0) is 6.54 Å². The van der Waals surface area contributed by atoms with Crippen molar-refractivity contribution in [2.75, 3.05) is 12.4 Å². The molecule has 0 heterocycles. The second-order valence-corrected chi connectivity index (χ2v) is 5.99. The van der Waals surface area contributed by atoms with E-state index in [0.717, 1.165) is 26.9 Å². The predicted molar refractivity (Wildman–Crippen MR) is 86.9 cm³/mol. The van der Waals surface area contributed by atoms with Gasteiger partial charge in [-0.05, 0) is 52.2 Å². The van der Waals surface area contributed by atoms with E-state index in [2.05, 4.69) is 62.3 Å². The lowest BCUT2D eigenvalue weighted by Crippen LogP contribution is -2.00. The molecular weight excluding hydrogens is 370 g/mol. The molecule has 0 saturated heterocycles. The third kappa shape index (κ3) is 3.74. The number of nitrogens with one attached hydrogen (secondary N) is 1. The molecule has 0 fully saturated rings. The van der Waals surface area contributed by atoms with Crippen LogP contribution in [0, 0.1) is 6.92 Å². The molecule has 0 spiro atoms. The van der Waals surface area contributed by atoms with Gasteiger partial charge in [-0.1, -0.05) is 28.1 Å². The summed E-state index contributed by atoms with van der Waals surface area (Å²) in [6.07, 6.45) is 0. The maximum atomic E-state index is 5.23. The lowest BCUT2D eigenvalue weighted by atomic mass is 10.1. The number of hydrogen-bond donors (Lipinski definition) is 1. The van der Waals surface area contributed by atoms with Crippen molar-refractivity contribution in [3.05, 3.63) is 56.5 Å². The number of benzene rings is 2. The highest BCUT2D eigenvalue weighted by atomic mass is 79.9. The molecule has 2 aromatic carbocycles. The van der Waals surface area contributed by atoms with Crippen molar-refractivity contribution in [3.63, 3.8) is 0 Å². The highest BCUT2D eigenvalue weighted by Crippen LogP contribution is 2.28. The lowest BCUT2D eigenvalue weighted by Gasteiger charge is -2.11. The Morgan fingerprint density at radius 2 is 1.84 bits per heavy atom. The summed E-state index contributed by atoms with van der Waals surface area (Å²) in [7, 11) is 1.67. The van der Waals surface area contributed by atoms with Gasteiger partial charge in [-0.3, -0.25) is 0 Å². The van der Waals surface area contributed by atoms with Crippen molar-refractivity contribution in [1.82, 2.24) is 0 Å². The first kappa shape index (κ1) is 14.4. The average Bonchev–Trinajstić information content (AvgIpc) is 2.41. The molecule has 0 aromatic heterocycles. The van der Waals surface area contributed by atoms with Crippen LogP contribution in [0.3, 0.4) is 0 Å². The lowest BCUT2D eigenvalue weighted by molar-refractivity contribution is 0.415. The van der Waals surface area contributed by atoms with Gasteiger partial charge >= 0.3 is 0 Å². The molecule has 0 bridgehead atoms. The molecule has 0 saturated carbocycles. The Hall–Kier alpha value is -1.00. The van der Waals surface area contributed by atoms with Gasteiger partial charge in [0, 0.05) is 21.6 Å². The molecule has 4 heteroatoms. The van der Waals surface area contributed by atoms with Crippen molar-refractivity contribution >= 4 is 37.5 Å². The Bertz CT molecular complexity index is 584. The Kier molecular flexibility index (Phi) is 4.88. The Labute approximate surface area is 130 Å². The number of anilines is 1. The summed E-state index contributed by atoms with van der Waals surface area (Å²) in [6, 6.07) is 12.3. The molecular formula is C15H15Br2NO. The van der Waals surface area contributed by atoms with Gasteiger partial charge in [0.2, 0.25) is 0 Å². The standard InChI is InChI=1S/C15H15Br2NO/c1-10-3-4-11(7-14(10)17)9-18-15-8-12(19-2)5-6-13(15)16/h3-8,18H,9H2,1-2H3. The van der Waals surface area contributed by atoms with Crippen molar-refractivity contribution in [2.45, 2.75) is 13.5 Å². The highest BCUT2D eigenvalue weighted by molar-refractivity contribution is 9.10. The summed E-state index contributed by atoms with van der Waals surface area (Å²) in [5.41, 5.74) is 3.49. The smallest absolute Gasteiger partial charge is 0.121 e. The van der Waals surface area contributed by atoms with Gasteiger partial charge in [0.25, 0.3) is 0 Å². The van der Waals surface area contributed by atoms with Crippen molar-refractivity contribution in [3.8, 4) is 5.75 Å². The minimum Gasteiger partial charge on any atom is -0.497 e. The van der Waals surface area contributed by atoms with Crippen LogP contribution in [0.1, 0.15) is 11.1 Å². The third-order valence-corrected chi connectivity index (χ3v) is 4.44. The summed E-state index contributed by atoms with van der Waals surface area (Å²) >= 11 is 7.08. The second-order valence-electron chi connectivity index (χ2n) is 4.28. The van der Waals surface area contributed by atoms with Crippen LogP contribution in [0.5, 0.6) is 5.75 Å². The summed E-state index contributed by atoms with van der Waals surface area (Å²) in [5, 5.41) is 3.40. The molecule has 0 radical (unpaired) electrons. The Morgan fingerprint density at radius 1 is 1.05 bits per heavy atom. The molecule has 0 aliphatic rings. The fourth-order valence-corrected chi connectivity index (χ4v) is 2.52. The number of aryl methyl sites for hydroxylation is 1. The SMILES string of the molecule is COc1ccc(Br)c(NCc2ccc(C)c(Br)c2)c1. The quantitative estimate of drug-likeness (QED) is 0.787. The first-order chi connectivity index (χ1) is 9.10. The molecule has 0 aliphatic heterocycles. The predicted octanol–water partition coefficient (Wildman–Crippen LogP) is 5.14. The van der Waals surface area contributed by atoms with E-state index in [0.29, 0.717) is 0 Å². The van der Waals surface area contributed by atoms with E-state index in [9.17, 15) is 0 Å². The molecule has 2 rings (SSSR count). The van der Waals surface area contributed by atoms with Gasteiger partial charge in [0.15, 0.2) is 0 Å². The third-order valence-electron chi connectivity index (χ3n) is 2.89. The van der Waals surface area contributed by atoms with E-state index in [1.54, 1.807) is 7.11 Å². The van der Waals surface area contributed by atoms with Crippen LogP contribution < -0.4 is 10.1 Å². The molecule has 19 heavy (non-hydrogen) atoms. The highest BCUT2D eigenvalue weighted by Gasteiger charge is 2.03. The second kappa shape index (κ2) is 6.44. The number of hydrogen-bond acceptors (Lipinski definition) is 2. The number of rotatable bonds is 4. The fraction of sp³-hybridized carbons (Fsp3) is 0.200. The molecule has 0 amide bonds. The van der Waals surface area contributed by atoms with Gasteiger partial charge in [-0.25, -0.2) is 0 Å². The normalized spacial score (nSPS) is 10.3. The van der Waals surface area contributed by atoms with E-state index in [1.807, 2.05) is 18.2 Å². The fourth-order valence-electron chi connectivity index (χ4n) is 1.71. The van der Waals surface area contributed by atoms with Crippen LogP contribution in [0.4, 0.5) is 5.69 Å². The molecule has 0 aliphatic carbocycles. The minimum absolute atomic E-state index is 0.768. The average molecular weight is 385 g/mol. The van der Waals surface area contributed by atoms with Crippen LogP contribution in [0.2, 0.25) is 0 Å². The summed E-state index contributed by atoms with van der Waals surface area (Å²) in [4.78, 5) is 0. The molecule has 100 valence electrons. The van der Waals surface area contributed by atoms with Crippen LogP contribution in [0.25, 0.3) is 0 Å². The zero-order valence-corrected chi connectivity index (χ0v) is 14.0. The van der Waals surface area contributed by atoms with Gasteiger partial charge in [-0.2, -0.15) is 0 Å². The van der Waals surface area contributed by atoms with Crippen molar-refractivity contribution in [1.29, 1.82) is 0 Å². The summed E-state index contributed by atoms with van der Waals surface area (Å²) < 4.78 is 7.39. The summed E-state index contributed by atoms with van der Waals surface area (Å²) in [6.45, 7) is 2.85. The van der Waals surface area contributed by atoms with Crippen LogP contribution in [-0.4, -0.2) is 7.11 Å². The maximum absolute atomic E-state index is 5.23. The summed E-state index contributed by atoms with van der Waals surface area (Å²) in [5.74, 6) is 0.843. The van der Waals surface area contributed by atoms with Gasteiger partial charge in [0.1, 0.15) is 5.75 Å². The Balaban J connectivity index is 2.11. The zero-order chi connectivity index (χ0) is 13.8. The van der Waals surface area contributed by atoms with E-state index in [-0.39, 0.29) is 0 Å². The van der Waals surface area contributed by atoms with E-state index in [4.69, 9.17) is 4.74 Å². The minimum atomic E-state index is 0.768. The first-order valence-electron chi connectivity index (χ1n) is 5.92. The number of methoxy groups -OCH3 is 1. The molecule has 2 aromatic rings. The van der Waals surface area contributed by atoms with Crippen molar-refractivity contribution < 1.29 is 4.74 Å². The topological polar surface area (TPSA) is 21.3 Å². The van der Waals surface area contributed by atoms with Gasteiger partial charge in [0.05, 0.1) is 12.8 Å². The molecule has 1 N–H and O–H groups in total. The molecule has 2 nitrogen and oxygen atoms in total. The van der Waals surface area contributed by atoms with Gasteiger partial charge in [-0.15, -0.1) is 0 Å². The molecule has 0 unspecified atom stereocenters. The first-order valence-corrected chi connectivity index (χ1v) is 7.51. The molecule has 0 atom stereocenters. The van der Waals surface area contributed by atoms with E-state index < -0.39 is 0 Å². The van der Waals surface area contributed by atoms with Gasteiger partial charge < -0.3 is 10.1 Å². The maximum Gasteiger partial charge on any atom is 0.121 e.